The molecule has 94 valence electrons. The van der Waals surface area contributed by atoms with Gasteiger partial charge in [-0.2, -0.15) is 0 Å². The number of nitrogens with one attached hydrogen (secondary N) is 1. The van der Waals surface area contributed by atoms with Gasteiger partial charge in [0, 0.05) is 18.0 Å². The van der Waals surface area contributed by atoms with Crippen molar-refractivity contribution in [1.82, 2.24) is 15.3 Å². The van der Waals surface area contributed by atoms with Crippen LogP contribution in [0.15, 0.2) is 43.0 Å². The first kappa shape index (κ1) is 12.7. The van der Waals surface area contributed by atoms with E-state index in [0.717, 1.165) is 18.5 Å². The van der Waals surface area contributed by atoms with Crippen LogP contribution < -0.4 is 5.32 Å². The molecule has 1 unspecified atom stereocenters. The van der Waals surface area contributed by atoms with Gasteiger partial charge in [0.05, 0.1) is 6.04 Å². The van der Waals surface area contributed by atoms with Gasteiger partial charge in [0.1, 0.15) is 6.33 Å². The zero-order valence-electron chi connectivity index (χ0n) is 10.9. The van der Waals surface area contributed by atoms with E-state index < -0.39 is 0 Å². The molecule has 0 aliphatic carbocycles. The molecule has 0 saturated carbocycles. The van der Waals surface area contributed by atoms with Crippen LogP contribution in [-0.4, -0.2) is 16.5 Å². The standard InChI is InChI=1S/C15H19N3/c1-3-12-6-5-7-13(8-12)15(18-4-2)14-9-16-11-17-10-14/h5-11,15,18H,3-4H2,1-2H3. The normalized spacial score (nSPS) is 12.3. The minimum Gasteiger partial charge on any atom is -0.306 e. The molecule has 1 N–H and O–H groups in total. The van der Waals surface area contributed by atoms with Gasteiger partial charge in [0.25, 0.3) is 0 Å². The molecule has 0 amide bonds. The van der Waals surface area contributed by atoms with Crippen molar-refractivity contribution < 1.29 is 0 Å². The Kier molecular flexibility index (Phi) is 4.42. The number of hydrogen-bond donors (Lipinski definition) is 1. The second kappa shape index (κ2) is 6.26. The molecule has 2 rings (SSSR count). The van der Waals surface area contributed by atoms with Gasteiger partial charge in [-0.15, -0.1) is 0 Å². The van der Waals surface area contributed by atoms with Crippen LogP contribution in [0.5, 0.6) is 0 Å². The van der Waals surface area contributed by atoms with Crippen LogP contribution in [0.2, 0.25) is 0 Å². The Morgan fingerprint density at radius 1 is 1.11 bits per heavy atom. The third kappa shape index (κ3) is 2.93. The van der Waals surface area contributed by atoms with Crippen LogP contribution in [-0.2, 0) is 6.42 Å². The Labute approximate surface area is 108 Å². The number of aromatic nitrogens is 2. The lowest BCUT2D eigenvalue weighted by molar-refractivity contribution is 0.625. The van der Waals surface area contributed by atoms with Crippen molar-refractivity contribution in [3.8, 4) is 0 Å². The van der Waals surface area contributed by atoms with Gasteiger partial charge in [-0.05, 0) is 24.1 Å². The highest BCUT2D eigenvalue weighted by molar-refractivity contribution is 5.32. The largest absolute Gasteiger partial charge is 0.306 e. The van der Waals surface area contributed by atoms with E-state index in [1.54, 1.807) is 6.33 Å². The van der Waals surface area contributed by atoms with Crippen LogP contribution in [0.4, 0.5) is 0 Å². The SMILES string of the molecule is CCNC(c1cncnc1)c1cccc(CC)c1. The first-order chi connectivity index (χ1) is 8.85. The smallest absolute Gasteiger partial charge is 0.115 e. The fourth-order valence-electron chi connectivity index (χ4n) is 2.08. The summed E-state index contributed by atoms with van der Waals surface area (Å²) in [5.74, 6) is 0. The van der Waals surface area contributed by atoms with Crippen LogP contribution in [0.1, 0.15) is 36.6 Å². The quantitative estimate of drug-likeness (QED) is 0.874. The summed E-state index contributed by atoms with van der Waals surface area (Å²) in [5, 5.41) is 3.49. The highest BCUT2D eigenvalue weighted by Gasteiger charge is 2.13. The molecule has 1 atom stereocenters. The second-order valence-corrected chi connectivity index (χ2v) is 4.26. The van der Waals surface area contributed by atoms with Gasteiger partial charge in [-0.3, -0.25) is 0 Å². The molecule has 1 aromatic heterocycles. The predicted octanol–water partition coefficient (Wildman–Crippen LogP) is 2.74. The monoisotopic (exact) mass is 241 g/mol. The van der Waals surface area contributed by atoms with Crippen molar-refractivity contribution >= 4 is 0 Å². The van der Waals surface area contributed by atoms with Crippen LogP contribution >= 0.6 is 0 Å². The molecule has 3 heteroatoms. The van der Waals surface area contributed by atoms with Crippen molar-refractivity contribution in [2.75, 3.05) is 6.54 Å². The third-order valence-electron chi connectivity index (χ3n) is 3.01. The maximum absolute atomic E-state index is 4.10. The zero-order chi connectivity index (χ0) is 12.8. The summed E-state index contributed by atoms with van der Waals surface area (Å²) in [4.78, 5) is 8.21. The Balaban J connectivity index is 2.35. The van der Waals surface area contributed by atoms with Crippen molar-refractivity contribution in [2.45, 2.75) is 26.3 Å². The molecule has 0 radical (unpaired) electrons. The van der Waals surface area contributed by atoms with Crippen molar-refractivity contribution in [1.29, 1.82) is 0 Å². The van der Waals surface area contributed by atoms with Gasteiger partial charge < -0.3 is 5.32 Å². The molecule has 0 spiro atoms. The van der Waals surface area contributed by atoms with E-state index in [9.17, 15) is 0 Å². The summed E-state index contributed by atoms with van der Waals surface area (Å²) in [6.45, 7) is 5.20. The summed E-state index contributed by atoms with van der Waals surface area (Å²) in [5.41, 5.74) is 3.73. The molecule has 3 nitrogen and oxygen atoms in total. The predicted molar refractivity (Wildman–Crippen MR) is 73.4 cm³/mol. The van der Waals surface area contributed by atoms with E-state index in [1.165, 1.54) is 11.1 Å². The Morgan fingerprint density at radius 3 is 2.56 bits per heavy atom. The molecule has 0 aliphatic heterocycles. The lowest BCUT2D eigenvalue weighted by Crippen LogP contribution is -2.22. The topological polar surface area (TPSA) is 37.8 Å². The molecule has 1 aromatic carbocycles. The van der Waals surface area contributed by atoms with Crippen molar-refractivity contribution in [3.05, 3.63) is 59.7 Å². The number of nitrogens with zero attached hydrogens (tertiary/aromatic N) is 2. The fraction of sp³-hybridized carbons (Fsp3) is 0.333. The lowest BCUT2D eigenvalue weighted by Gasteiger charge is -2.18. The number of hydrogen-bond acceptors (Lipinski definition) is 3. The minimum atomic E-state index is 0.169. The van der Waals surface area contributed by atoms with Crippen molar-refractivity contribution in [2.24, 2.45) is 0 Å². The summed E-state index contributed by atoms with van der Waals surface area (Å²) in [6.07, 6.45) is 6.37. The zero-order valence-corrected chi connectivity index (χ0v) is 10.9. The molecular formula is C15H19N3. The van der Waals surface area contributed by atoms with Crippen LogP contribution in [0.25, 0.3) is 0 Å². The fourth-order valence-corrected chi connectivity index (χ4v) is 2.08. The van der Waals surface area contributed by atoms with E-state index in [4.69, 9.17) is 0 Å². The van der Waals surface area contributed by atoms with E-state index >= 15 is 0 Å². The van der Waals surface area contributed by atoms with Crippen LogP contribution in [0.3, 0.4) is 0 Å². The summed E-state index contributed by atoms with van der Waals surface area (Å²) < 4.78 is 0. The highest BCUT2D eigenvalue weighted by atomic mass is 14.9. The number of benzene rings is 1. The Morgan fingerprint density at radius 2 is 1.89 bits per heavy atom. The molecule has 0 fully saturated rings. The van der Waals surface area contributed by atoms with Crippen molar-refractivity contribution in [3.63, 3.8) is 0 Å². The number of rotatable bonds is 5. The second-order valence-electron chi connectivity index (χ2n) is 4.26. The Bertz CT molecular complexity index is 482. The maximum atomic E-state index is 4.10. The van der Waals surface area contributed by atoms with Gasteiger partial charge in [0.2, 0.25) is 0 Å². The molecule has 0 bridgehead atoms. The highest BCUT2D eigenvalue weighted by Crippen LogP contribution is 2.21. The molecule has 1 heterocycles. The average Bonchev–Trinajstić information content (AvgIpc) is 2.46. The number of aryl methyl sites for hydroxylation is 1. The molecule has 18 heavy (non-hydrogen) atoms. The summed E-state index contributed by atoms with van der Waals surface area (Å²) in [7, 11) is 0. The van der Waals surface area contributed by atoms with Gasteiger partial charge in [-0.25, -0.2) is 9.97 Å². The van der Waals surface area contributed by atoms with Gasteiger partial charge in [0.15, 0.2) is 0 Å². The van der Waals surface area contributed by atoms with Gasteiger partial charge in [-0.1, -0.05) is 38.1 Å². The van der Waals surface area contributed by atoms with E-state index in [0.29, 0.717) is 0 Å². The van der Waals surface area contributed by atoms with E-state index in [1.807, 2.05) is 12.4 Å². The van der Waals surface area contributed by atoms with Crippen LogP contribution in [0, 0.1) is 0 Å². The average molecular weight is 241 g/mol. The first-order valence-corrected chi connectivity index (χ1v) is 6.42. The molecule has 2 aromatic rings. The molecular weight excluding hydrogens is 222 g/mol. The van der Waals surface area contributed by atoms with Gasteiger partial charge >= 0.3 is 0 Å². The summed E-state index contributed by atoms with van der Waals surface area (Å²) in [6, 6.07) is 8.85. The van der Waals surface area contributed by atoms with E-state index in [2.05, 4.69) is 53.4 Å². The maximum Gasteiger partial charge on any atom is 0.115 e. The minimum absolute atomic E-state index is 0.169. The lowest BCUT2D eigenvalue weighted by atomic mass is 9.98. The first-order valence-electron chi connectivity index (χ1n) is 6.42. The van der Waals surface area contributed by atoms with E-state index in [-0.39, 0.29) is 6.04 Å². The third-order valence-corrected chi connectivity index (χ3v) is 3.01. The molecule has 0 saturated heterocycles. The Hall–Kier alpha value is -1.74. The summed E-state index contributed by atoms with van der Waals surface area (Å²) >= 11 is 0. The molecule has 0 aliphatic rings.